The predicted molar refractivity (Wildman–Crippen MR) is 97.5 cm³/mol. The Labute approximate surface area is 149 Å². The highest BCUT2D eigenvalue weighted by molar-refractivity contribution is 7.09. The summed E-state index contributed by atoms with van der Waals surface area (Å²) in [6.45, 7) is 0. The second-order valence-corrected chi connectivity index (χ2v) is 6.67. The van der Waals surface area contributed by atoms with Crippen molar-refractivity contribution in [1.29, 1.82) is 0 Å². The van der Waals surface area contributed by atoms with Crippen LogP contribution in [-0.2, 0) is 24.1 Å². The lowest BCUT2D eigenvalue weighted by atomic mass is 10.2. The van der Waals surface area contributed by atoms with E-state index in [4.69, 9.17) is 11.6 Å². The monoisotopic (exact) mass is 357 g/mol. The lowest BCUT2D eigenvalue weighted by Crippen LogP contribution is -2.14. The lowest BCUT2D eigenvalue weighted by Gasteiger charge is -2.04. The maximum absolute atomic E-state index is 12.1. The predicted octanol–water partition coefficient (Wildman–Crippen LogP) is 4.16. The number of aryl methyl sites for hydroxylation is 2. The Hall–Kier alpha value is -2.24. The molecule has 0 unspecified atom stereocenters. The molecule has 2 heterocycles. The van der Waals surface area contributed by atoms with Crippen LogP contribution in [0.3, 0.4) is 0 Å². The number of amides is 1. The van der Waals surface area contributed by atoms with Crippen LogP contribution in [0, 0.1) is 0 Å². The van der Waals surface area contributed by atoms with E-state index in [9.17, 15) is 4.79 Å². The fourth-order valence-electron chi connectivity index (χ4n) is 2.26. The number of halogens is 1. The van der Waals surface area contributed by atoms with Crippen molar-refractivity contribution in [3.05, 3.63) is 75.5 Å². The van der Waals surface area contributed by atoms with Gasteiger partial charge in [0.2, 0.25) is 5.91 Å². The second kappa shape index (κ2) is 8.04. The lowest BCUT2D eigenvalue weighted by molar-refractivity contribution is -0.115. The number of thiazole rings is 1. The molecule has 0 aliphatic heterocycles. The highest BCUT2D eigenvalue weighted by Gasteiger charge is 2.09. The van der Waals surface area contributed by atoms with E-state index in [2.05, 4.69) is 15.3 Å². The number of carbonyl (C=O) groups excluding carboxylic acids is 1. The summed E-state index contributed by atoms with van der Waals surface area (Å²) in [6, 6.07) is 13.0. The molecule has 0 spiro atoms. The summed E-state index contributed by atoms with van der Waals surface area (Å²) in [7, 11) is 0. The first-order chi connectivity index (χ1) is 11.7. The fourth-order valence-corrected chi connectivity index (χ4v) is 3.25. The number of benzene rings is 1. The number of pyridine rings is 1. The van der Waals surface area contributed by atoms with Crippen LogP contribution in [0.15, 0.2) is 54.0 Å². The molecule has 1 amide bonds. The first-order valence-corrected chi connectivity index (χ1v) is 8.83. The van der Waals surface area contributed by atoms with Crippen molar-refractivity contribution in [2.45, 2.75) is 19.3 Å². The third-order valence-corrected chi connectivity index (χ3v) is 4.56. The summed E-state index contributed by atoms with van der Waals surface area (Å²) in [5.74, 6) is -0.0983. The van der Waals surface area contributed by atoms with Gasteiger partial charge in [-0.05, 0) is 36.8 Å². The molecule has 0 fully saturated rings. The molecule has 1 N–H and O–H groups in total. The second-order valence-electron chi connectivity index (χ2n) is 5.29. The maximum Gasteiger partial charge on any atom is 0.230 e. The number of aromatic nitrogens is 2. The Morgan fingerprint density at radius 2 is 2.04 bits per heavy atom. The Balaban J connectivity index is 1.53. The Kier molecular flexibility index (Phi) is 5.56. The quantitative estimate of drug-likeness (QED) is 0.720. The van der Waals surface area contributed by atoms with Gasteiger partial charge >= 0.3 is 0 Å². The highest BCUT2D eigenvalue weighted by atomic mass is 35.5. The Morgan fingerprint density at radius 1 is 1.12 bits per heavy atom. The molecule has 3 rings (SSSR count). The van der Waals surface area contributed by atoms with Gasteiger partial charge in [-0.3, -0.25) is 9.78 Å². The van der Waals surface area contributed by atoms with Crippen LogP contribution >= 0.6 is 22.9 Å². The van der Waals surface area contributed by atoms with Crippen LogP contribution in [0.25, 0.3) is 0 Å². The van der Waals surface area contributed by atoms with Gasteiger partial charge in [0, 0.05) is 34.4 Å². The zero-order valence-corrected chi connectivity index (χ0v) is 14.5. The van der Waals surface area contributed by atoms with E-state index in [1.54, 1.807) is 35.7 Å². The largest absolute Gasteiger partial charge is 0.326 e. The van der Waals surface area contributed by atoms with Crippen molar-refractivity contribution in [3.8, 4) is 0 Å². The third-order valence-electron chi connectivity index (χ3n) is 3.37. The Bertz CT molecular complexity index is 820. The van der Waals surface area contributed by atoms with Gasteiger partial charge in [-0.25, -0.2) is 4.98 Å². The van der Waals surface area contributed by atoms with Crippen LogP contribution in [0.5, 0.6) is 0 Å². The van der Waals surface area contributed by atoms with Crippen LogP contribution in [0.1, 0.15) is 16.4 Å². The summed E-state index contributed by atoms with van der Waals surface area (Å²) < 4.78 is 0. The van der Waals surface area contributed by atoms with Gasteiger partial charge in [0.25, 0.3) is 0 Å². The number of hydrogen-bond donors (Lipinski definition) is 1. The van der Waals surface area contributed by atoms with E-state index in [1.165, 1.54) is 0 Å². The molecular formula is C18H16ClN3OS. The van der Waals surface area contributed by atoms with E-state index < -0.39 is 0 Å². The molecule has 1 aromatic carbocycles. The van der Waals surface area contributed by atoms with Crippen LogP contribution in [0.2, 0.25) is 5.02 Å². The molecule has 3 aromatic rings. The number of hydrogen-bond acceptors (Lipinski definition) is 4. The average Bonchev–Trinajstić information content (AvgIpc) is 3.01. The summed E-state index contributed by atoms with van der Waals surface area (Å²) in [6.07, 6.45) is 3.73. The average molecular weight is 358 g/mol. The molecule has 24 heavy (non-hydrogen) atoms. The smallest absolute Gasteiger partial charge is 0.230 e. The maximum atomic E-state index is 12.1. The minimum atomic E-state index is -0.0983. The zero-order valence-electron chi connectivity index (χ0n) is 12.9. The van der Waals surface area contributed by atoms with E-state index in [0.29, 0.717) is 10.7 Å². The molecule has 122 valence electrons. The summed E-state index contributed by atoms with van der Waals surface area (Å²) in [5.41, 5.74) is 2.53. The van der Waals surface area contributed by atoms with E-state index in [1.807, 2.05) is 29.6 Å². The summed E-state index contributed by atoms with van der Waals surface area (Å²) in [4.78, 5) is 20.9. The molecular weight excluding hydrogens is 342 g/mol. The molecule has 6 heteroatoms. The first kappa shape index (κ1) is 16.6. The van der Waals surface area contributed by atoms with Crippen LogP contribution in [0.4, 0.5) is 5.69 Å². The van der Waals surface area contributed by atoms with E-state index in [0.717, 1.165) is 29.2 Å². The molecule has 0 bridgehead atoms. The molecule has 0 aliphatic carbocycles. The van der Waals surface area contributed by atoms with Gasteiger partial charge in [0.1, 0.15) is 0 Å². The van der Waals surface area contributed by atoms with Gasteiger partial charge in [-0.1, -0.05) is 23.7 Å². The van der Waals surface area contributed by atoms with Crippen molar-refractivity contribution in [1.82, 2.24) is 9.97 Å². The molecule has 0 atom stereocenters. The van der Waals surface area contributed by atoms with Crippen molar-refractivity contribution in [2.75, 3.05) is 5.32 Å². The summed E-state index contributed by atoms with van der Waals surface area (Å²) >= 11 is 7.49. The summed E-state index contributed by atoms with van der Waals surface area (Å²) in [5, 5.41) is 6.38. The normalized spacial score (nSPS) is 10.5. The zero-order chi connectivity index (χ0) is 16.8. The van der Waals surface area contributed by atoms with Gasteiger partial charge in [-0.2, -0.15) is 0 Å². The molecule has 0 aliphatic rings. The molecule has 0 radical (unpaired) electrons. The van der Waals surface area contributed by atoms with Crippen molar-refractivity contribution in [3.63, 3.8) is 0 Å². The molecule has 0 saturated heterocycles. The van der Waals surface area contributed by atoms with Gasteiger partial charge in [0.15, 0.2) is 0 Å². The van der Waals surface area contributed by atoms with Crippen molar-refractivity contribution in [2.24, 2.45) is 0 Å². The van der Waals surface area contributed by atoms with Crippen LogP contribution in [-0.4, -0.2) is 15.9 Å². The van der Waals surface area contributed by atoms with Gasteiger partial charge in [0.05, 0.1) is 17.1 Å². The molecule has 4 nitrogen and oxygen atoms in total. The minimum absolute atomic E-state index is 0.0983. The van der Waals surface area contributed by atoms with Crippen molar-refractivity contribution >= 4 is 34.5 Å². The highest BCUT2D eigenvalue weighted by Crippen LogP contribution is 2.16. The molecule has 2 aromatic heterocycles. The number of rotatable bonds is 6. The third kappa shape index (κ3) is 4.88. The topological polar surface area (TPSA) is 54.9 Å². The van der Waals surface area contributed by atoms with E-state index in [-0.39, 0.29) is 12.3 Å². The number of anilines is 1. The van der Waals surface area contributed by atoms with Gasteiger partial charge in [-0.15, -0.1) is 11.3 Å². The number of carbonyl (C=O) groups is 1. The van der Waals surface area contributed by atoms with Gasteiger partial charge < -0.3 is 5.32 Å². The minimum Gasteiger partial charge on any atom is -0.326 e. The SMILES string of the molecule is O=C(Cc1csc(CCc2ccccn2)n1)Nc1cccc(Cl)c1. The standard InChI is InChI=1S/C18H16ClN3OS/c19-13-4-3-6-15(10-13)21-17(23)11-16-12-24-18(22-16)8-7-14-5-1-2-9-20-14/h1-6,9-10,12H,7-8,11H2,(H,21,23). The van der Waals surface area contributed by atoms with Crippen molar-refractivity contribution < 1.29 is 4.79 Å². The first-order valence-electron chi connectivity index (χ1n) is 7.57. The Morgan fingerprint density at radius 3 is 2.83 bits per heavy atom. The molecule has 0 saturated carbocycles. The van der Waals surface area contributed by atoms with E-state index >= 15 is 0 Å². The number of nitrogens with zero attached hydrogens (tertiary/aromatic N) is 2. The van der Waals surface area contributed by atoms with Crippen LogP contribution < -0.4 is 5.32 Å². The fraction of sp³-hybridized carbons (Fsp3) is 0.167. The number of nitrogens with one attached hydrogen (secondary N) is 1.